The van der Waals surface area contributed by atoms with Crippen molar-refractivity contribution < 1.29 is 4.21 Å². The van der Waals surface area contributed by atoms with Crippen molar-refractivity contribution in [2.75, 3.05) is 0 Å². The van der Waals surface area contributed by atoms with Crippen molar-refractivity contribution in [3.05, 3.63) is 52.0 Å². The third-order valence-corrected chi connectivity index (χ3v) is 5.82. The Balaban J connectivity index is 2.21. The second-order valence-corrected chi connectivity index (χ2v) is 9.38. The number of aromatic nitrogens is 1. The van der Waals surface area contributed by atoms with E-state index in [2.05, 4.69) is 28.8 Å². The second-order valence-electron chi connectivity index (χ2n) is 6.06. The van der Waals surface area contributed by atoms with Gasteiger partial charge >= 0.3 is 0 Å². The van der Waals surface area contributed by atoms with Crippen LogP contribution in [0.15, 0.2) is 36.7 Å². The molecule has 0 saturated carbocycles. The Bertz CT molecular complexity index is 602. The van der Waals surface area contributed by atoms with Gasteiger partial charge < -0.3 is 0 Å². The first-order valence-electron chi connectivity index (χ1n) is 6.99. The van der Waals surface area contributed by atoms with Gasteiger partial charge in [-0.1, -0.05) is 0 Å². The molecule has 5 heteroatoms. The summed E-state index contributed by atoms with van der Waals surface area (Å²) in [5.74, 6) is 0. The second kappa shape index (κ2) is 6.81. The lowest BCUT2D eigenvalue weighted by Gasteiger charge is -2.23. The van der Waals surface area contributed by atoms with E-state index in [1.54, 1.807) is 23.7 Å². The molecule has 0 fully saturated rings. The molecule has 0 amide bonds. The molecule has 3 nitrogen and oxygen atoms in total. The van der Waals surface area contributed by atoms with E-state index in [1.807, 2.05) is 32.9 Å². The molecule has 1 N–H and O–H groups in total. The largest absolute Gasteiger partial charge is 0.265 e. The zero-order valence-electron chi connectivity index (χ0n) is 12.9. The van der Waals surface area contributed by atoms with E-state index in [-0.39, 0.29) is 10.8 Å². The molecule has 2 aromatic heterocycles. The Morgan fingerprint density at radius 2 is 1.90 bits per heavy atom. The lowest BCUT2D eigenvalue weighted by atomic mass is 10.1. The summed E-state index contributed by atoms with van der Waals surface area (Å²) in [5, 5.41) is 0. The Kier molecular flexibility index (Phi) is 5.30. The van der Waals surface area contributed by atoms with E-state index in [9.17, 15) is 4.21 Å². The first-order valence-corrected chi connectivity index (χ1v) is 8.96. The van der Waals surface area contributed by atoms with E-state index in [1.165, 1.54) is 15.3 Å². The van der Waals surface area contributed by atoms with E-state index >= 15 is 0 Å². The highest BCUT2D eigenvalue weighted by molar-refractivity contribution is 7.84. The van der Waals surface area contributed by atoms with Crippen molar-refractivity contribution in [2.45, 2.75) is 44.9 Å². The minimum absolute atomic E-state index is 0.0613. The Morgan fingerprint density at radius 3 is 2.43 bits per heavy atom. The van der Waals surface area contributed by atoms with Crippen molar-refractivity contribution >= 4 is 22.3 Å². The smallest absolute Gasteiger partial charge is 0.0976 e. The molecule has 0 aliphatic carbocycles. The number of aryl methyl sites for hydroxylation is 1. The van der Waals surface area contributed by atoms with Gasteiger partial charge in [-0.2, -0.15) is 0 Å². The fourth-order valence-corrected chi connectivity index (χ4v) is 3.73. The maximum Gasteiger partial charge on any atom is 0.0976 e. The number of hydrogen-bond donors (Lipinski definition) is 1. The van der Waals surface area contributed by atoms with Gasteiger partial charge in [0.05, 0.1) is 21.8 Å². The van der Waals surface area contributed by atoms with Crippen LogP contribution in [-0.2, 0) is 17.4 Å². The lowest BCUT2D eigenvalue weighted by molar-refractivity contribution is 0.601. The summed E-state index contributed by atoms with van der Waals surface area (Å²) >= 11 is 1.76. The molecule has 0 radical (unpaired) electrons. The van der Waals surface area contributed by atoms with E-state index < -0.39 is 11.0 Å². The Hall–Kier alpha value is -1.04. The van der Waals surface area contributed by atoms with Crippen LogP contribution in [0.25, 0.3) is 0 Å². The molecule has 0 aromatic carbocycles. The van der Waals surface area contributed by atoms with Crippen LogP contribution in [0.3, 0.4) is 0 Å². The molecule has 2 unspecified atom stereocenters. The van der Waals surface area contributed by atoms with Gasteiger partial charge in [0.2, 0.25) is 0 Å². The maximum absolute atomic E-state index is 12.4. The van der Waals surface area contributed by atoms with E-state index in [0.717, 1.165) is 6.42 Å². The molecular formula is C16H22N2OS2. The fraction of sp³-hybridized carbons (Fsp3) is 0.438. The summed E-state index contributed by atoms with van der Waals surface area (Å²) in [6, 6.07) is 8.32. The SMILES string of the molecule is Cc1ccc(C(Cc2ccncc2)NS(=O)C(C)(C)C)s1. The number of pyridine rings is 1. The van der Waals surface area contributed by atoms with Crippen LogP contribution in [-0.4, -0.2) is 13.9 Å². The fourth-order valence-electron chi connectivity index (χ4n) is 1.90. The van der Waals surface area contributed by atoms with Crippen molar-refractivity contribution in [3.8, 4) is 0 Å². The minimum atomic E-state index is -1.09. The van der Waals surface area contributed by atoms with Crippen molar-refractivity contribution in [1.82, 2.24) is 9.71 Å². The predicted octanol–water partition coefficient (Wildman–Crippen LogP) is 3.79. The van der Waals surface area contributed by atoms with Crippen LogP contribution in [0, 0.1) is 6.92 Å². The first-order chi connectivity index (χ1) is 9.86. The van der Waals surface area contributed by atoms with Gasteiger partial charge in [0, 0.05) is 22.1 Å². The van der Waals surface area contributed by atoms with Crippen molar-refractivity contribution in [1.29, 1.82) is 0 Å². The summed E-state index contributed by atoms with van der Waals surface area (Å²) in [6.45, 7) is 8.05. The molecule has 2 atom stereocenters. The van der Waals surface area contributed by atoms with Crippen LogP contribution in [0.2, 0.25) is 0 Å². The highest BCUT2D eigenvalue weighted by atomic mass is 32.2. The van der Waals surface area contributed by atoms with Gasteiger partial charge in [-0.05, 0) is 63.9 Å². The monoisotopic (exact) mass is 322 g/mol. The molecule has 2 heterocycles. The van der Waals surface area contributed by atoms with Gasteiger partial charge in [0.1, 0.15) is 0 Å². The quantitative estimate of drug-likeness (QED) is 0.910. The van der Waals surface area contributed by atoms with Crippen LogP contribution >= 0.6 is 11.3 Å². The third kappa shape index (κ3) is 4.73. The normalized spacial score (nSPS) is 14.9. The Morgan fingerprint density at radius 1 is 1.24 bits per heavy atom. The summed E-state index contributed by atoms with van der Waals surface area (Å²) in [7, 11) is -1.09. The zero-order chi connectivity index (χ0) is 15.5. The molecule has 0 saturated heterocycles. The molecule has 21 heavy (non-hydrogen) atoms. The highest BCUT2D eigenvalue weighted by Gasteiger charge is 2.24. The minimum Gasteiger partial charge on any atom is -0.265 e. The first kappa shape index (κ1) is 16.3. The molecule has 0 aliphatic heterocycles. The number of thiophene rings is 1. The van der Waals surface area contributed by atoms with Crippen LogP contribution in [0.1, 0.15) is 42.1 Å². The standard InChI is InChI=1S/C16H22N2OS2/c1-12-5-6-15(20-12)14(18-21(19)16(2,3)4)11-13-7-9-17-10-8-13/h5-10,14,18H,11H2,1-4H3. The maximum atomic E-state index is 12.4. The van der Waals surface area contributed by atoms with E-state index in [4.69, 9.17) is 0 Å². The molecule has 0 spiro atoms. The summed E-state index contributed by atoms with van der Waals surface area (Å²) in [5.41, 5.74) is 1.19. The third-order valence-electron chi connectivity index (χ3n) is 3.10. The van der Waals surface area contributed by atoms with Crippen LogP contribution in [0.5, 0.6) is 0 Å². The van der Waals surface area contributed by atoms with E-state index in [0.29, 0.717) is 0 Å². The summed E-state index contributed by atoms with van der Waals surface area (Å²) in [6.07, 6.45) is 4.41. The highest BCUT2D eigenvalue weighted by Crippen LogP contribution is 2.27. The van der Waals surface area contributed by atoms with Crippen LogP contribution < -0.4 is 4.72 Å². The van der Waals surface area contributed by atoms with Crippen LogP contribution in [0.4, 0.5) is 0 Å². The Labute approximate surface area is 133 Å². The number of hydrogen-bond acceptors (Lipinski definition) is 3. The average molecular weight is 322 g/mol. The lowest BCUT2D eigenvalue weighted by Crippen LogP contribution is -2.36. The number of nitrogens with one attached hydrogen (secondary N) is 1. The molecular weight excluding hydrogens is 300 g/mol. The zero-order valence-corrected chi connectivity index (χ0v) is 14.6. The summed E-state index contributed by atoms with van der Waals surface area (Å²) in [4.78, 5) is 6.55. The number of rotatable bonds is 5. The molecule has 0 bridgehead atoms. The van der Waals surface area contributed by atoms with Gasteiger partial charge in [-0.15, -0.1) is 11.3 Å². The van der Waals surface area contributed by atoms with Gasteiger partial charge in [-0.25, -0.2) is 8.93 Å². The van der Waals surface area contributed by atoms with Gasteiger partial charge in [-0.3, -0.25) is 4.98 Å². The number of nitrogens with zero attached hydrogens (tertiary/aromatic N) is 1. The molecule has 0 aliphatic rings. The predicted molar refractivity (Wildman–Crippen MR) is 90.8 cm³/mol. The molecule has 2 rings (SSSR count). The topological polar surface area (TPSA) is 42.0 Å². The van der Waals surface area contributed by atoms with Gasteiger partial charge in [0.25, 0.3) is 0 Å². The average Bonchev–Trinajstić information content (AvgIpc) is 2.84. The van der Waals surface area contributed by atoms with Crippen molar-refractivity contribution in [3.63, 3.8) is 0 Å². The molecule has 114 valence electrons. The molecule has 2 aromatic rings. The van der Waals surface area contributed by atoms with Crippen molar-refractivity contribution in [2.24, 2.45) is 0 Å². The van der Waals surface area contributed by atoms with Gasteiger partial charge in [0.15, 0.2) is 0 Å². The summed E-state index contributed by atoms with van der Waals surface area (Å²) < 4.78 is 15.5.